The van der Waals surface area contributed by atoms with Crippen molar-refractivity contribution in [1.82, 2.24) is 19.8 Å². The Hall–Kier alpha value is -3.45. The van der Waals surface area contributed by atoms with Crippen LogP contribution in [0.3, 0.4) is 0 Å². The highest BCUT2D eigenvalue weighted by atomic mass is 16.2. The molecule has 1 aromatic heterocycles. The highest BCUT2D eigenvalue weighted by Crippen LogP contribution is 2.30. The Morgan fingerprint density at radius 1 is 0.738 bits per heavy atom. The molecule has 3 fully saturated rings. The van der Waals surface area contributed by atoms with Crippen molar-refractivity contribution in [3.63, 3.8) is 0 Å². The number of carbonyl (C=O) groups excluding carboxylic acids is 1. The number of benzene rings is 2. The number of piperidine rings is 1. The summed E-state index contributed by atoms with van der Waals surface area (Å²) in [5.41, 5.74) is 2.14. The molecule has 0 bridgehead atoms. The summed E-state index contributed by atoms with van der Waals surface area (Å²) in [4.78, 5) is 30.7. The molecule has 222 valence electrons. The van der Waals surface area contributed by atoms with Crippen LogP contribution in [0.1, 0.15) is 74.8 Å². The van der Waals surface area contributed by atoms with Crippen molar-refractivity contribution in [3.05, 3.63) is 84.1 Å². The van der Waals surface area contributed by atoms with Crippen molar-refractivity contribution in [1.29, 1.82) is 0 Å². The fourth-order valence-electron chi connectivity index (χ4n) is 7.10. The van der Waals surface area contributed by atoms with Gasteiger partial charge in [-0.3, -0.25) is 9.69 Å². The third-order valence-corrected chi connectivity index (χ3v) is 9.41. The van der Waals surface area contributed by atoms with Crippen molar-refractivity contribution in [2.24, 2.45) is 0 Å². The van der Waals surface area contributed by atoms with Crippen molar-refractivity contribution >= 4 is 17.7 Å². The zero-order chi connectivity index (χ0) is 28.6. The number of hydrogen-bond donors (Lipinski definition) is 1. The predicted molar refractivity (Wildman–Crippen MR) is 170 cm³/mol. The van der Waals surface area contributed by atoms with Gasteiger partial charge < -0.3 is 15.1 Å². The lowest BCUT2D eigenvalue weighted by molar-refractivity contribution is -0.133. The molecule has 4 heterocycles. The van der Waals surface area contributed by atoms with Crippen LogP contribution in [0.5, 0.6) is 0 Å². The standard InChI is InChI=1S/C35H46N6O/c42-34(33(28-13-5-3-6-14-28)29-15-7-4-8-16-29)40-25-19-31(20-26-40)41-24-12-9-17-30(27-41)37-35-36-21-18-32(38-35)39-22-10-1-2-11-23-39/h3-8,13-16,18,21,30-31,33H,1-2,9-12,17,19-20,22-27H2,(H,36,37,38). The lowest BCUT2D eigenvalue weighted by atomic mass is 9.89. The predicted octanol–water partition coefficient (Wildman–Crippen LogP) is 5.95. The number of rotatable bonds is 7. The minimum atomic E-state index is -0.249. The van der Waals surface area contributed by atoms with Crippen LogP contribution in [-0.2, 0) is 4.79 Å². The molecular weight excluding hydrogens is 520 g/mol. The van der Waals surface area contributed by atoms with Crippen LogP contribution in [0, 0.1) is 0 Å². The van der Waals surface area contributed by atoms with Gasteiger partial charge in [0.05, 0.1) is 5.92 Å². The van der Waals surface area contributed by atoms with Gasteiger partial charge in [0.25, 0.3) is 0 Å². The van der Waals surface area contributed by atoms with Gasteiger partial charge in [-0.15, -0.1) is 0 Å². The minimum absolute atomic E-state index is 0.225. The second kappa shape index (κ2) is 14.1. The molecule has 0 aliphatic carbocycles. The van der Waals surface area contributed by atoms with Crippen LogP contribution >= 0.6 is 0 Å². The van der Waals surface area contributed by atoms with Crippen LogP contribution in [-0.4, -0.2) is 77.0 Å². The number of anilines is 2. The first-order valence-electron chi connectivity index (χ1n) is 16.2. The smallest absolute Gasteiger partial charge is 0.234 e. The van der Waals surface area contributed by atoms with E-state index in [0.29, 0.717) is 12.1 Å². The molecule has 3 aliphatic rings. The summed E-state index contributed by atoms with van der Waals surface area (Å²) in [6.07, 6.45) is 12.7. The third kappa shape index (κ3) is 7.12. The first kappa shape index (κ1) is 28.7. The maximum atomic E-state index is 13.9. The summed E-state index contributed by atoms with van der Waals surface area (Å²) >= 11 is 0. The van der Waals surface area contributed by atoms with Crippen molar-refractivity contribution in [2.75, 3.05) is 49.5 Å². The molecule has 1 N–H and O–H groups in total. The van der Waals surface area contributed by atoms with E-state index in [2.05, 4.69) is 55.3 Å². The minimum Gasteiger partial charge on any atom is -0.356 e. The van der Waals surface area contributed by atoms with E-state index in [1.54, 1.807) is 0 Å². The first-order valence-corrected chi connectivity index (χ1v) is 16.2. The normalized spacial score (nSPS) is 21.1. The van der Waals surface area contributed by atoms with E-state index in [1.165, 1.54) is 38.5 Å². The van der Waals surface area contributed by atoms with Crippen LogP contribution in [0.4, 0.5) is 11.8 Å². The Balaban J connectivity index is 1.07. The monoisotopic (exact) mass is 566 g/mol. The average molecular weight is 567 g/mol. The Kier molecular flexibility index (Phi) is 9.65. The van der Waals surface area contributed by atoms with Crippen LogP contribution < -0.4 is 10.2 Å². The van der Waals surface area contributed by atoms with Gasteiger partial charge in [0.2, 0.25) is 11.9 Å². The average Bonchev–Trinajstić information content (AvgIpc) is 3.46. The Morgan fingerprint density at radius 3 is 2.05 bits per heavy atom. The maximum Gasteiger partial charge on any atom is 0.234 e. The molecule has 7 heteroatoms. The molecule has 2 aromatic carbocycles. The van der Waals surface area contributed by atoms with Gasteiger partial charge in [0.1, 0.15) is 5.82 Å². The topological polar surface area (TPSA) is 64.6 Å². The quantitative estimate of drug-likeness (QED) is 0.382. The summed E-state index contributed by atoms with van der Waals surface area (Å²) in [7, 11) is 0. The number of hydrogen-bond acceptors (Lipinski definition) is 6. The van der Waals surface area contributed by atoms with Crippen molar-refractivity contribution in [2.45, 2.75) is 75.8 Å². The molecule has 6 rings (SSSR count). The SMILES string of the molecule is O=C(C(c1ccccc1)c1ccccc1)N1CCC(N2CCCCC(Nc3nccc(N4CCCCCC4)n3)C2)CC1. The molecule has 0 radical (unpaired) electrons. The molecule has 1 amide bonds. The summed E-state index contributed by atoms with van der Waals surface area (Å²) in [6.45, 7) is 5.94. The number of amides is 1. The van der Waals surface area contributed by atoms with Gasteiger partial charge in [-0.1, -0.05) is 79.9 Å². The zero-order valence-electron chi connectivity index (χ0n) is 24.9. The van der Waals surface area contributed by atoms with E-state index in [1.807, 2.05) is 42.6 Å². The van der Waals surface area contributed by atoms with Crippen LogP contribution in [0.2, 0.25) is 0 Å². The maximum absolute atomic E-state index is 13.9. The highest BCUT2D eigenvalue weighted by Gasteiger charge is 2.33. The van der Waals surface area contributed by atoms with Gasteiger partial charge >= 0.3 is 0 Å². The molecule has 0 saturated carbocycles. The largest absolute Gasteiger partial charge is 0.356 e. The van der Waals surface area contributed by atoms with Gasteiger partial charge in [-0.05, 0) is 62.3 Å². The molecule has 0 spiro atoms. The molecular formula is C35H46N6O. The fourth-order valence-corrected chi connectivity index (χ4v) is 7.10. The van der Waals surface area contributed by atoms with E-state index < -0.39 is 0 Å². The van der Waals surface area contributed by atoms with E-state index in [9.17, 15) is 4.79 Å². The van der Waals surface area contributed by atoms with E-state index in [0.717, 1.165) is 81.4 Å². The molecule has 1 unspecified atom stereocenters. The van der Waals surface area contributed by atoms with Crippen molar-refractivity contribution < 1.29 is 4.79 Å². The van der Waals surface area contributed by atoms with E-state index in [4.69, 9.17) is 4.98 Å². The summed E-state index contributed by atoms with van der Waals surface area (Å²) in [5, 5.41) is 3.71. The number of nitrogens with one attached hydrogen (secondary N) is 1. The summed E-state index contributed by atoms with van der Waals surface area (Å²) in [6, 6.07) is 23.4. The number of carbonyl (C=O) groups is 1. The summed E-state index contributed by atoms with van der Waals surface area (Å²) in [5.74, 6) is 1.79. The van der Waals surface area contributed by atoms with E-state index in [-0.39, 0.29) is 11.8 Å². The number of aromatic nitrogens is 2. The van der Waals surface area contributed by atoms with Gasteiger partial charge in [0, 0.05) is 51.0 Å². The van der Waals surface area contributed by atoms with Crippen LogP contribution in [0.25, 0.3) is 0 Å². The first-order chi connectivity index (χ1) is 20.7. The van der Waals surface area contributed by atoms with Gasteiger partial charge in [0.15, 0.2) is 0 Å². The van der Waals surface area contributed by atoms with E-state index >= 15 is 0 Å². The second-order valence-corrected chi connectivity index (χ2v) is 12.3. The number of likely N-dealkylation sites (tertiary alicyclic amines) is 2. The van der Waals surface area contributed by atoms with Gasteiger partial charge in [-0.2, -0.15) is 4.98 Å². The zero-order valence-corrected chi connectivity index (χ0v) is 24.9. The summed E-state index contributed by atoms with van der Waals surface area (Å²) < 4.78 is 0. The second-order valence-electron chi connectivity index (χ2n) is 12.3. The van der Waals surface area contributed by atoms with Gasteiger partial charge in [-0.25, -0.2) is 4.98 Å². The Labute approximate surface area is 251 Å². The molecule has 42 heavy (non-hydrogen) atoms. The molecule has 1 atom stereocenters. The Bertz CT molecular complexity index is 1220. The molecule has 3 saturated heterocycles. The lowest BCUT2D eigenvalue weighted by Gasteiger charge is -2.40. The molecule has 3 aromatic rings. The Morgan fingerprint density at radius 2 is 1.38 bits per heavy atom. The lowest BCUT2D eigenvalue weighted by Crippen LogP contribution is -2.50. The molecule has 3 aliphatic heterocycles. The number of nitrogens with zero attached hydrogens (tertiary/aromatic N) is 5. The highest BCUT2D eigenvalue weighted by molar-refractivity contribution is 5.87. The third-order valence-electron chi connectivity index (χ3n) is 9.41. The van der Waals surface area contributed by atoms with Crippen LogP contribution in [0.15, 0.2) is 72.9 Å². The fraction of sp³-hybridized carbons (Fsp3) is 0.514. The molecule has 7 nitrogen and oxygen atoms in total. The van der Waals surface area contributed by atoms with Crippen molar-refractivity contribution in [3.8, 4) is 0 Å².